The van der Waals surface area contributed by atoms with E-state index >= 15 is 0 Å². The van der Waals surface area contributed by atoms with E-state index in [1.165, 1.54) is 0 Å². The summed E-state index contributed by atoms with van der Waals surface area (Å²) in [6.45, 7) is 10.2. The minimum Gasteiger partial charge on any atom is -0.361 e. The van der Waals surface area contributed by atoms with Crippen LogP contribution in [0.2, 0.25) is 0 Å². The molecule has 1 aliphatic rings. The molecule has 4 heterocycles. The summed E-state index contributed by atoms with van der Waals surface area (Å²) in [4.78, 5) is 19.7. The highest BCUT2D eigenvalue weighted by Gasteiger charge is 2.28. The van der Waals surface area contributed by atoms with E-state index in [1.807, 2.05) is 54.0 Å². The first kappa shape index (κ1) is 21.4. The van der Waals surface area contributed by atoms with Gasteiger partial charge in [-0.1, -0.05) is 10.4 Å². The van der Waals surface area contributed by atoms with Crippen molar-refractivity contribution in [3.8, 4) is 0 Å². The Kier molecular flexibility index (Phi) is 5.47. The number of amides is 1. The van der Waals surface area contributed by atoms with Crippen LogP contribution in [0.1, 0.15) is 71.8 Å². The molecule has 33 heavy (non-hydrogen) atoms. The van der Waals surface area contributed by atoms with E-state index in [0.717, 1.165) is 46.7 Å². The molecule has 1 aromatic carbocycles. The highest BCUT2D eigenvalue weighted by atomic mass is 16.5. The fourth-order valence-electron chi connectivity index (χ4n) is 4.69. The number of fused-ring (bicyclic) bond motifs is 1. The number of hydrogen-bond acceptors (Lipinski definition) is 6. The van der Waals surface area contributed by atoms with Gasteiger partial charge in [0.1, 0.15) is 17.1 Å². The van der Waals surface area contributed by atoms with Crippen molar-refractivity contribution in [3.05, 3.63) is 59.0 Å². The molecular weight excluding hydrogens is 418 g/mol. The second kappa shape index (κ2) is 8.46. The predicted octanol–water partition coefficient (Wildman–Crippen LogP) is 3.88. The second-order valence-corrected chi connectivity index (χ2v) is 9.11. The van der Waals surface area contributed by atoms with Gasteiger partial charge in [-0.05, 0) is 58.7 Å². The van der Waals surface area contributed by atoms with Crippen molar-refractivity contribution < 1.29 is 9.32 Å². The summed E-state index contributed by atoms with van der Waals surface area (Å²) in [5.74, 6) is 2.28. The minimum absolute atomic E-state index is 0.0495. The van der Waals surface area contributed by atoms with Crippen LogP contribution in [0.5, 0.6) is 0 Å². The molecule has 0 radical (unpaired) electrons. The number of aromatic nitrogens is 6. The van der Waals surface area contributed by atoms with Crippen LogP contribution in [-0.2, 0) is 6.54 Å². The fourth-order valence-corrected chi connectivity index (χ4v) is 4.69. The first-order chi connectivity index (χ1) is 15.9. The van der Waals surface area contributed by atoms with Gasteiger partial charge in [-0.25, -0.2) is 9.67 Å². The SMILES string of the molecule is Cc1noc(C)c1Cn1ccnc1C1CCN(C(=O)c2ccc3c(c2)nnn3C(C)C)CC1. The van der Waals surface area contributed by atoms with Gasteiger partial charge in [0, 0.05) is 48.6 Å². The largest absolute Gasteiger partial charge is 0.361 e. The number of likely N-dealkylation sites (tertiary alicyclic amines) is 1. The topological polar surface area (TPSA) is 94.9 Å². The van der Waals surface area contributed by atoms with E-state index in [0.29, 0.717) is 31.1 Å². The van der Waals surface area contributed by atoms with Crippen LogP contribution < -0.4 is 0 Å². The minimum atomic E-state index is 0.0495. The Morgan fingerprint density at radius 1 is 1.21 bits per heavy atom. The van der Waals surface area contributed by atoms with E-state index < -0.39 is 0 Å². The Hall–Kier alpha value is -3.49. The maximum absolute atomic E-state index is 13.2. The zero-order chi connectivity index (χ0) is 23.1. The maximum atomic E-state index is 13.2. The summed E-state index contributed by atoms with van der Waals surface area (Å²) in [7, 11) is 0. The van der Waals surface area contributed by atoms with Gasteiger partial charge >= 0.3 is 0 Å². The average molecular weight is 448 g/mol. The summed E-state index contributed by atoms with van der Waals surface area (Å²) in [6.07, 6.45) is 5.63. The van der Waals surface area contributed by atoms with E-state index in [-0.39, 0.29) is 11.9 Å². The van der Waals surface area contributed by atoms with Crippen LogP contribution in [-0.4, -0.2) is 53.6 Å². The molecule has 0 atom stereocenters. The van der Waals surface area contributed by atoms with Gasteiger partial charge in [0.25, 0.3) is 5.91 Å². The molecule has 5 rings (SSSR count). The summed E-state index contributed by atoms with van der Waals surface area (Å²) in [5.41, 5.74) is 4.39. The van der Waals surface area contributed by atoms with Crippen LogP contribution in [0.15, 0.2) is 35.1 Å². The Bertz CT molecular complexity index is 1270. The molecule has 9 heteroatoms. The third kappa shape index (κ3) is 3.92. The predicted molar refractivity (Wildman–Crippen MR) is 123 cm³/mol. The zero-order valence-electron chi connectivity index (χ0n) is 19.5. The smallest absolute Gasteiger partial charge is 0.253 e. The molecule has 1 amide bonds. The van der Waals surface area contributed by atoms with Crippen LogP contribution in [0.3, 0.4) is 0 Å². The van der Waals surface area contributed by atoms with Crippen LogP contribution >= 0.6 is 0 Å². The number of nitrogens with zero attached hydrogens (tertiary/aromatic N) is 7. The third-order valence-electron chi connectivity index (χ3n) is 6.61. The second-order valence-electron chi connectivity index (χ2n) is 9.11. The number of aryl methyl sites for hydroxylation is 2. The number of benzene rings is 1. The van der Waals surface area contributed by atoms with E-state index in [9.17, 15) is 4.79 Å². The van der Waals surface area contributed by atoms with E-state index in [1.54, 1.807) is 0 Å². The monoisotopic (exact) mass is 447 g/mol. The summed E-state index contributed by atoms with van der Waals surface area (Å²) in [6, 6.07) is 5.91. The summed E-state index contributed by atoms with van der Waals surface area (Å²) >= 11 is 0. The molecule has 4 aromatic rings. The van der Waals surface area contributed by atoms with Gasteiger partial charge in [-0.3, -0.25) is 4.79 Å². The molecule has 0 bridgehead atoms. The van der Waals surface area contributed by atoms with Gasteiger partial charge < -0.3 is 14.0 Å². The Labute approximate surface area is 192 Å². The Balaban J connectivity index is 1.27. The number of piperidine rings is 1. The van der Waals surface area contributed by atoms with Gasteiger partial charge in [0.05, 0.1) is 17.8 Å². The van der Waals surface area contributed by atoms with E-state index in [4.69, 9.17) is 4.52 Å². The summed E-state index contributed by atoms with van der Waals surface area (Å²) in [5, 5.41) is 12.5. The molecule has 1 aliphatic heterocycles. The van der Waals surface area contributed by atoms with Gasteiger partial charge in [-0.15, -0.1) is 5.10 Å². The molecule has 1 fully saturated rings. The quantitative estimate of drug-likeness (QED) is 0.461. The number of carbonyl (C=O) groups is 1. The van der Waals surface area contributed by atoms with Crippen LogP contribution in [0.4, 0.5) is 0 Å². The lowest BCUT2D eigenvalue weighted by Gasteiger charge is -2.32. The third-order valence-corrected chi connectivity index (χ3v) is 6.61. The highest BCUT2D eigenvalue weighted by molar-refractivity contribution is 5.97. The Morgan fingerprint density at radius 3 is 2.70 bits per heavy atom. The van der Waals surface area contributed by atoms with Crippen molar-refractivity contribution in [1.29, 1.82) is 0 Å². The molecule has 3 aromatic heterocycles. The first-order valence-corrected chi connectivity index (χ1v) is 11.5. The van der Waals surface area contributed by atoms with Crippen LogP contribution in [0, 0.1) is 13.8 Å². The number of hydrogen-bond donors (Lipinski definition) is 0. The fraction of sp³-hybridized carbons (Fsp3) is 0.458. The molecule has 0 spiro atoms. The van der Waals surface area contributed by atoms with Gasteiger partial charge in [0.2, 0.25) is 0 Å². The Morgan fingerprint density at radius 2 is 2.00 bits per heavy atom. The van der Waals surface area contributed by atoms with Crippen molar-refractivity contribution in [2.75, 3.05) is 13.1 Å². The van der Waals surface area contributed by atoms with Gasteiger partial charge in [0.15, 0.2) is 0 Å². The van der Waals surface area contributed by atoms with Crippen molar-refractivity contribution in [2.45, 2.75) is 59.0 Å². The molecule has 0 saturated carbocycles. The maximum Gasteiger partial charge on any atom is 0.253 e. The van der Waals surface area contributed by atoms with Gasteiger partial charge in [-0.2, -0.15) is 0 Å². The lowest BCUT2D eigenvalue weighted by molar-refractivity contribution is 0.0710. The van der Waals surface area contributed by atoms with Crippen molar-refractivity contribution in [1.82, 2.24) is 34.6 Å². The number of carbonyl (C=O) groups excluding carboxylic acids is 1. The van der Waals surface area contributed by atoms with Crippen molar-refractivity contribution >= 4 is 16.9 Å². The molecule has 0 N–H and O–H groups in total. The normalized spacial score (nSPS) is 15.1. The molecule has 1 saturated heterocycles. The average Bonchev–Trinajstić information content (AvgIpc) is 3.53. The van der Waals surface area contributed by atoms with Crippen molar-refractivity contribution in [3.63, 3.8) is 0 Å². The zero-order valence-corrected chi connectivity index (χ0v) is 19.5. The van der Waals surface area contributed by atoms with Crippen molar-refractivity contribution in [2.24, 2.45) is 0 Å². The molecule has 9 nitrogen and oxygen atoms in total. The number of imidazole rings is 1. The highest BCUT2D eigenvalue weighted by Crippen LogP contribution is 2.29. The summed E-state index contributed by atoms with van der Waals surface area (Å²) < 4.78 is 9.37. The molecule has 0 aliphatic carbocycles. The lowest BCUT2D eigenvalue weighted by atomic mass is 9.95. The standard InChI is InChI=1S/C24H29N7O2/c1-15(2)31-22-6-5-19(13-21(22)26-28-31)24(32)29-10-7-18(8-11-29)23-25-9-12-30(23)14-20-16(3)27-33-17(20)4/h5-6,9,12-13,15,18H,7-8,10-11,14H2,1-4H3. The van der Waals surface area contributed by atoms with E-state index in [2.05, 4.69) is 38.9 Å². The molecule has 172 valence electrons. The lowest BCUT2D eigenvalue weighted by Crippen LogP contribution is -2.38. The molecule has 0 unspecified atom stereocenters. The first-order valence-electron chi connectivity index (χ1n) is 11.5. The molecular formula is C24H29N7O2. The number of rotatable bonds is 5. The van der Waals surface area contributed by atoms with Crippen LogP contribution in [0.25, 0.3) is 11.0 Å².